The molecule has 7 heteroatoms. The topological polar surface area (TPSA) is 65.1 Å². The van der Waals surface area contributed by atoms with E-state index >= 15 is 0 Å². The first-order valence-electron chi connectivity index (χ1n) is 13.8. The Hall–Kier alpha value is -1.96. The Bertz CT molecular complexity index is 785. The van der Waals surface area contributed by atoms with Crippen LogP contribution in [0.25, 0.3) is 0 Å². The lowest BCUT2D eigenvalue weighted by Gasteiger charge is -2.41. The number of nitrogens with zero attached hydrogens (tertiary/aromatic N) is 3. The Morgan fingerprint density at radius 1 is 1.00 bits per heavy atom. The van der Waals surface area contributed by atoms with Crippen molar-refractivity contribution < 1.29 is 14.3 Å². The number of benzene rings is 1. The predicted octanol–water partition coefficient (Wildman–Crippen LogP) is 2.72. The van der Waals surface area contributed by atoms with Crippen LogP contribution >= 0.6 is 0 Å². The minimum absolute atomic E-state index is 0.0609. The molecular weight excluding hydrogens is 440 g/mol. The standard InChI is InChI=1S/C28H44N4O3/c1-2-25(23-9-4-3-5-10-23)28(34)32-17-15-31(16-18-32)26(24-11-6-7-12-24)27(33)29-13-8-14-30-19-21-35-22-20-30/h3-5,9-10,24-26H,2,6-8,11-22H2,1H3,(H,29,33)/t25-,26-/m0/s1. The van der Waals surface area contributed by atoms with Gasteiger partial charge in [-0.15, -0.1) is 0 Å². The fraction of sp³-hybridized carbons (Fsp3) is 0.714. The average molecular weight is 485 g/mol. The van der Waals surface area contributed by atoms with Crippen molar-refractivity contribution in [3.8, 4) is 0 Å². The van der Waals surface area contributed by atoms with Crippen molar-refractivity contribution in [1.29, 1.82) is 0 Å². The number of carbonyl (C=O) groups excluding carboxylic acids is 2. The Labute approximate surface area is 211 Å². The Morgan fingerprint density at radius 2 is 1.69 bits per heavy atom. The molecule has 1 N–H and O–H groups in total. The van der Waals surface area contributed by atoms with Crippen molar-refractivity contribution in [3.05, 3.63) is 35.9 Å². The van der Waals surface area contributed by atoms with Crippen LogP contribution in [-0.2, 0) is 14.3 Å². The van der Waals surface area contributed by atoms with Gasteiger partial charge in [0.05, 0.1) is 25.2 Å². The number of carbonyl (C=O) groups is 2. The maximum atomic E-state index is 13.4. The number of hydrogen-bond acceptors (Lipinski definition) is 5. The lowest BCUT2D eigenvalue weighted by Crippen LogP contribution is -2.58. The molecule has 35 heavy (non-hydrogen) atoms. The lowest BCUT2D eigenvalue weighted by atomic mass is 9.93. The van der Waals surface area contributed by atoms with Crippen LogP contribution in [-0.4, -0.2) is 98.1 Å². The quantitative estimate of drug-likeness (QED) is 0.518. The van der Waals surface area contributed by atoms with Gasteiger partial charge in [-0.05, 0) is 43.7 Å². The first-order chi connectivity index (χ1) is 17.2. The average Bonchev–Trinajstić information content (AvgIpc) is 3.43. The van der Waals surface area contributed by atoms with Crippen LogP contribution in [0.15, 0.2) is 30.3 Å². The third-order valence-corrected chi connectivity index (χ3v) is 8.10. The van der Waals surface area contributed by atoms with Gasteiger partial charge in [0.15, 0.2) is 0 Å². The number of rotatable bonds is 10. The van der Waals surface area contributed by atoms with Crippen LogP contribution in [0.4, 0.5) is 0 Å². The summed E-state index contributed by atoms with van der Waals surface area (Å²) in [5.74, 6) is 0.769. The van der Waals surface area contributed by atoms with E-state index in [0.29, 0.717) is 19.0 Å². The second-order valence-electron chi connectivity index (χ2n) is 10.3. The summed E-state index contributed by atoms with van der Waals surface area (Å²) in [7, 11) is 0. The van der Waals surface area contributed by atoms with E-state index < -0.39 is 0 Å². The molecule has 0 aromatic heterocycles. The molecule has 194 valence electrons. The zero-order chi connectivity index (χ0) is 24.5. The predicted molar refractivity (Wildman–Crippen MR) is 138 cm³/mol. The number of amides is 2. The highest BCUT2D eigenvalue weighted by molar-refractivity contribution is 5.84. The molecule has 0 spiro atoms. The lowest BCUT2D eigenvalue weighted by molar-refractivity contribution is -0.136. The van der Waals surface area contributed by atoms with Crippen LogP contribution in [0, 0.1) is 5.92 Å². The molecule has 7 nitrogen and oxygen atoms in total. The largest absolute Gasteiger partial charge is 0.379 e. The first kappa shape index (κ1) is 26.1. The van der Waals surface area contributed by atoms with Crippen LogP contribution in [0.2, 0.25) is 0 Å². The van der Waals surface area contributed by atoms with Crippen molar-refractivity contribution in [2.24, 2.45) is 5.92 Å². The Morgan fingerprint density at radius 3 is 2.34 bits per heavy atom. The van der Waals surface area contributed by atoms with Crippen LogP contribution in [0.5, 0.6) is 0 Å². The van der Waals surface area contributed by atoms with Crippen molar-refractivity contribution in [3.63, 3.8) is 0 Å². The molecular formula is C28H44N4O3. The molecule has 2 aliphatic heterocycles. The van der Waals surface area contributed by atoms with Gasteiger partial charge in [0.25, 0.3) is 0 Å². The number of morpholine rings is 1. The molecule has 2 atom stereocenters. The number of nitrogens with one attached hydrogen (secondary N) is 1. The Kier molecular flexibility index (Phi) is 9.98. The van der Waals surface area contributed by atoms with Gasteiger partial charge in [0.2, 0.25) is 11.8 Å². The van der Waals surface area contributed by atoms with Crippen molar-refractivity contribution in [2.75, 3.05) is 65.6 Å². The number of piperazine rings is 1. The maximum Gasteiger partial charge on any atom is 0.237 e. The molecule has 0 unspecified atom stereocenters. The highest BCUT2D eigenvalue weighted by Gasteiger charge is 2.37. The fourth-order valence-corrected chi connectivity index (χ4v) is 6.07. The van der Waals surface area contributed by atoms with Gasteiger partial charge in [-0.25, -0.2) is 0 Å². The summed E-state index contributed by atoms with van der Waals surface area (Å²) in [4.78, 5) is 33.5. The van der Waals surface area contributed by atoms with Gasteiger partial charge in [-0.1, -0.05) is 50.1 Å². The first-order valence-corrected chi connectivity index (χ1v) is 13.8. The molecule has 4 rings (SSSR count). The summed E-state index contributed by atoms with van der Waals surface area (Å²) < 4.78 is 5.42. The zero-order valence-electron chi connectivity index (χ0n) is 21.5. The molecule has 3 aliphatic rings. The van der Waals surface area contributed by atoms with Crippen molar-refractivity contribution >= 4 is 11.8 Å². The number of hydrogen-bond donors (Lipinski definition) is 1. The Balaban J connectivity index is 1.29. The maximum absolute atomic E-state index is 13.4. The van der Waals surface area contributed by atoms with E-state index in [9.17, 15) is 9.59 Å². The van der Waals surface area contributed by atoms with Crippen LogP contribution < -0.4 is 5.32 Å². The van der Waals surface area contributed by atoms with E-state index in [0.717, 1.165) is 83.7 Å². The third-order valence-electron chi connectivity index (χ3n) is 8.10. The molecule has 1 aliphatic carbocycles. The van der Waals surface area contributed by atoms with E-state index in [1.165, 1.54) is 12.8 Å². The van der Waals surface area contributed by atoms with Gasteiger partial charge < -0.3 is 15.0 Å². The van der Waals surface area contributed by atoms with E-state index in [1.807, 2.05) is 23.1 Å². The van der Waals surface area contributed by atoms with Gasteiger partial charge in [0, 0.05) is 45.8 Å². The summed E-state index contributed by atoms with van der Waals surface area (Å²) in [6.45, 7) is 10.4. The molecule has 1 aromatic rings. The highest BCUT2D eigenvalue weighted by Crippen LogP contribution is 2.31. The minimum Gasteiger partial charge on any atom is -0.379 e. The van der Waals surface area contributed by atoms with Gasteiger partial charge in [0.1, 0.15) is 0 Å². The summed E-state index contributed by atoms with van der Waals surface area (Å²) in [6.07, 6.45) is 6.50. The third kappa shape index (κ3) is 7.05. The highest BCUT2D eigenvalue weighted by atomic mass is 16.5. The van der Waals surface area contributed by atoms with Gasteiger partial charge in [-0.3, -0.25) is 19.4 Å². The van der Waals surface area contributed by atoms with Crippen LogP contribution in [0.1, 0.15) is 56.9 Å². The molecule has 1 aromatic carbocycles. The molecule has 3 fully saturated rings. The summed E-state index contributed by atoms with van der Waals surface area (Å²) in [5, 5.41) is 3.26. The number of ether oxygens (including phenoxy) is 1. The SMILES string of the molecule is CC[C@H](C(=O)N1CCN([C@H](C(=O)NCCCN2CCOCC2)C2CCCC2)CC1)c1ccccc1. The van der Waals surface area contributed by atoms with E-state index in [4.69, 9.17) is 4.74 Å². The van der Waals surface area contributed by atoms with Gasteiger partial charge in [-0.2, -0.15) is 0 Å². The summed E-state index contributed by atoms with van der Waals surface area (Å²) in [6, 6.07) is 10.1. The molecule has 0 bridgehead atoms. The van der Waals surface area contributed by atoms with E-state index in [1.54, 1.807) is 0 Å². The van der Waals surface area contributed by atoms with E-state index in [-0.39, 0.29) is 23.8 Å². The normalized spacial score (nSPS) is 22.1. The second kappa shape index (κ2) is 13.4. The zero-order valence-corrected chi connectivity index (χ0v) is 21.5. The van der Waals surface area contributed by atoms with Crippen molar-refractivity contribution in [1.82, 2.24) is 20.0 Å². The van der Waals surface area contributed by atoms with Crippen molar-refractivity contribution in [2.45, 2.75) is 57.4 Å². The van der Waals surface area contributed by atoms with Gasteiger partial charge >= 0.3 is 0 Å². The minimum atomic E-state index is -0.0804. The van der Waals surface area contributed by atoms with E-state index in [2.05, 4.69) is 34.2 Å². The molecule has 2 amide bonds. The molecule has 0 radical (unpaired) electrons. The monoisotopic (exact) mass is 484 g/mol. The summed E-state index contributed by atoms with van der Waals surface area (Å²) >= 11 is 0. The fourth-order valence-electron chi connectivity index (χ4n) is 6.07. The smallest absolute Gasteiger partial charge is 0.237 e. The molecule has 2 saturated heterocycles. The molecule has 1 saturated carbocycles. The molecule has 2 heterocycles. The summed E-state index contributed by atoms with van der Waals surface area (Å²) in [5.41, 5.74) is 1.10. The second-order valence-corrected chi connectivity index (χ2v) is 10.3. The van der Waals surface area contributed by atoms with Crippen LogP contribution in [0.3, 0.4) is 0 Å².